The number of hydrogen-bond acceptors (Lipinski definition) is 3. The summed E-state index contributed by atoms with van der Waals surface area (Å²) < 4.78 is 0. The molecule has 0 saturated carbocycles. The lowest BCUT2D eigenvalue weighted by Crippen LogP contribution is -2.35. The van der Waals surface area contributed by atoms with Crippen LogP contribution in [0.15, 0.2) is 40.6 Å². The van der Waals surface area contributed by atoms with E-state index in [1.165, 1.54) is 27.5 Å². The Bertz CT molecular complexity index is 607. The average Bonchev–Trinajstić information content (AvgIpc) is 3.00. The lowest BCUT2D eigenvalue weighted by molar-refractivity contribution is 0.417. The second-order valence-corrected chi connectivity index (χ2v) is 8.63. The Labute approximate surface area is 140 Å². The molecule has 1 nitrogen and oxygen atoms in total. The first kappa shape index (κ1) is 15.4. The Morgan fingerprint density at radius 1 is 1.33 bits per heavy atom. The molecule has 1 aliphatic heterocycles. The maximum Gasteiger partial charge on any atom is 0.0410 e. The number of hydrogen-bond donors (Lipinski definition) is 1. The summed E-state index contributed by atoms with van der Waals surface area (Å²) >= 11 is 9.95. The van der Waals surface area contributed by atoms with Gasteiger partial charge in [-0.15, -0.1) is 23.1 Å². The van der Waals surface area contributed by atoms with Crippen LogP contribution in [-0.4, -0.2) is 12.3 Å². The van der Waals surface area contributed by atoms with Gasteiger partial charge in [0.1, 0.15) is 0 Å². The van der Waals surface area contributed by atoms with E-state index in [9.17, 15) is 0 Å². The molecule has 1 aromatic heterocycles. The summed E-state index contributed by atoms with van der Waals surface area (Å²) in [6, 6.07) is 11.0. The van der Waals surface area contributed by atoms with Gasteiger partial charge in [-0.3, -0.25) is 0 Å². The third-order valence-corrected chi connectivity index (χ3v) is 6.58. The van der Waals surface area contributed by atoms with Crippen molar-refractivity contribution in [1.82, 2.24) is 5.32 Å². The fourth-order valence-electron chi connectivity index (χ4n) is 2.71. The minimum atomic E-state index is 0.164. The van der Waals surface area contributed by atoms with Gasteiger partial charge in [0.25, 0.3) is 0 Å². The first-order chi connectivity index (χ1) is 10.1. The summed E-state index contributed by atoms with van der Waals surface area (Å²) in [5.41, 5.74) is 1.53. The van der Waals surface area contributed by atoms with Crippen LogP contribution in [0, 0.1) is 0 Å². The quantitative estimate of drug-likeness (QED) is 0.789. The molecule has 0 amide bonds. The lowest BCUT2D eigenvalue weighted by Gasteiger charge is -2.31. The third kappa shape index (κ3) is 3.48. The Hall–Kier alpha value is -0.480. The summed E-state index contributed by atoms with van der Waals surface area (Å²) in [6.45, 7) is 5.60. The maximum atomic E-state index is 6.18. The molecule has 3 rings (SSSR count). The van der Waals surface area contributed by atoms with E-state index in [1.54, 1.807) is 0 Å². The molecule has 0 fully saturated rings. The van der Waals surface area contributed by atoms with E-state index in [0.29, 0.717) is 6.04 Å². The summed E-state index contributed by atoms with van der Waals surface area (Å²) in [6.07, 6.45) is 1.17. The number of thiophene rings is 1. The normalized spacial score (nSPS) is 18.5. The van der Waals surface area contributed by atoms with Crippen LogP contribution < -0.4 is 5.32 Å². The zero-order valence-corrected chi connectivity index (χ0v) is 14.7. The second-order valence-electron chi connectivity index (χ2n) is 6.11. The molecule has 1 aromatic carbocycles. The molecule has 0 radical (unpaired) electrons. The average molecular weight is 338 g/mol. The van der Waals surface area contributed by atoms with Crippen LogP contribution in [0.5, 0.6) is 0 Å². The molecule has 1 N–H and O–H groups in total. The van der Waals surface area contributed by atoms with Crippen molar-refractivity contribution in [3.8, 4) is 0 Å². The molecule has 21 heavy (non-hydrogen) atoms. The minimum Gasteiger partial charge on any atom is -0.309 e. The van der Waals surface area contributed by atoms with Crippen molar-refractivity contribution in [2.75, 3.05) is 12.3 Å². The zero-order chi connectivity index (χ0) is 14.9. The highest BCUT2D eigenvalue weighted by Crippen LogP contribution is 2.38. The van der Waals surface area contributed by atoms with E-state index in [0.717, 1.165) is 11.6 Å². The van der Waals surface area contributed by atoms with E-state index in [1.807, 2.05) is 29.2 Å². The summed E-state index contributed by atoms with van der Waals surface area (Å²) in [5.74, 6) is 1.17. The molecule has 0 spiro atoms. The Morgan fingerprint density at radius 3 is 2.95 bits per heavy atom. The Morgan fingerprint density at radius 2 is 2.19 bits per heavy atom. The third-order valence-electron chi connectivity index (χ3n) is 3.99. The largest absolute Gasteiger partial charge is 0.309 e. The molecule has 1 atom stereocenters. The molecule has 2 aromatic rings. The van der Waals surface area contributed by atoms with E-state index in [-0.39, 0.29) is 5.41 Å². The van der Waals surface area contributed by atoms with Gasteiger partial charge in [0.05, 0.1) is 0 Å². The molecule has 4 heteroatoms. The number of rotatable bonds is 4. The smallest absolute Gasteiger partial charge is 0.0410 e. The van der Waals surface area contributed by atoms with Crippen LogP contribution in [0.1, 0.15) is 36.8 Å². The molecule has 2 heterocycles. The molecule has 1 unspecified atom stereocenters. The number of nitrogens with one attached hydrogen (secondary N) is 1. The van der Waals surface area contributed by atoms with Crippen molar-refractivity contribution in [1.29, 1.82) is 0 Å². The highest BCUT2D eigenvalue weighted by atomic mass is 35.5. The first-order valence-electron chi connectivity index (χ1n) is 7.26. The molecule has 0 saturated heterocycles. The zero-order valence-electron chi connectivity index (χ0n) is 12.4. The van der Waals surface area contributed by atoms with Crippen LogP contribution in [-0.2, 0) is 5.41 Å². The SMILES string of the molecule is CC(C)(CNC1CCSc2ccc(Cl)cc21)c1cccs1. The predicted octanol–water partition coefficient (Wildman–Crippen LogP) is 5.51. The van der Waals surface area contributed by atoms with Crippen LogP contribution in [0.4, 0.5) is 0 Å². The molecular formula is C17H20ClNS2. The van der Waals surface area contributed by atoms with E-state index in [2.05, 4.69) is 48.8 Å². The fourth-order valence-corrected chi connectivity index (χ4v) is 4.84. The van der Waals surface area contributed by atoms with Crippen LogP contribution >= 0.6 is 34.7 Å². The van der Waals surface area contributed by atoms with Crippen molar-refractivity contribution in [3.05, 3.63) is 51.2 Å². The highest BCUT2D eigenvalue weighted by molar-refractivity contribution is 7.99. The monoisotopic (exact) mass is 337 g/mol. The standard InChI is InChI=1S/C17H20ClNS2/c1-17(2,16-4-3-8-21-16)11-19-14-7-9-20-15-6-5-12(18)10-13(14)15/h3-6,8,10,14,19H,7,9,11H2,1-2H3. The predicted molar refractivity (Wildman–Crippen MR) is 94.9 cm³/mol. The van der Waals surface area contributed by atoms with E-state index < -0.39 is 0 Å². The van der Waals surface area contributed by atoms with Crippen molar-refractivity contribution in [3.63, 3.8) is 0 Å². The van der Waals surface area contributed by atoms with Gasteiger partial charge in [0, 0.05) is 32.8 Å². The second kappa shape index (κ2) is 6.33. The number of benzene rings is 1. The van der Waals surface area contributed by atoms with Gasteiger partial charge in [-0.25, -0.2) is 0 Å². The molecule has 0 bridgehead atoms. The van der Waals surface area contributed by atoms with Crippen molar-refractivity contribution >= 4 is 34.7 Å². The van der Waals surface area contributed by atoms with E-state index in [4.69, 9.17) is 11.6 Å². The summed E-state index contributed by atoms with van der Waals surface area (Å²) in [7, 11) is 0. The van der Waals surface area contributed by atoms with Gasteiger partial charge < -0.3 is 5.32 Å². The van der Waals surface area contributed by atoms with Gasteiger partial charge in [-0.2, -0.15) is 0 Å². The first-order valence-corrected chi connectivity index (χ1v) is 9.50. The Kier molecular flexibility index (Phi) is 4.65. The van der Waals surface area contributed by atoms with Crippen molar-refractivity contribution in [2.24, 2.45) is 0 Å². The van der Waals surface area contributed by atoms with Crippen LogP contribution in [0.2, 0.25) is 5.02 Å². The van der Waals surface area contributed by atoms with Crippen LogP contribution in [0.25, 0.3) is 0 Å². The number of thioether (sulfide) groups is 1. The van der Waals surface area contributed by atoms with Crippen LogP contribution in [0.3, 0.4) is 0 Å². The fraction of sp³-hybridized carbons (Fsp3) is 0.412. The van der Waals surface area contributed by atoms with Crippen molar-refractivity contribution < 1.29 is 0 Å². The van der Waals surface area contributed by atoms with Crippen molar-refractivity contribution in [2.45, 2.75) is 36.6 Å². The van der Waals surface area contributed by atoms with Gasteiger partial charge in [0.2, 0.25) is 0 Å². The number of halogens is 1. The Balaban J connectivity index is 1.74. The van der Waals surface area contributed by atoms with Gasteiger partial charge in [-0.1, -0.05) is 31.5 Å². The maximum absolute atomic E-state index is 6.18. The summed E-state index contributed by atoms with van der Waals surface area (Å²) in [5, 5.41) is 6.76. The van der Waals surface area contributed by atoms with Gasteiger partial charge in [0.15, 0.2) is 0 Å². The van der Waals surface area contributed by atoms with Gasteiger partial charge in [-0.05, 0) is 47.4 Å². The summed E-state index contributed by atoms with van der Waals surface area (Å²) in [4.78, 5) is 2.81. The molecule has 112 valence electrons. The topological polar surface area (TPSA) is 12.0 Å². The minimum absolute atomic E-state index is 0.164. The van der Waals surface area contributed by atoms with Gasteiger partial charge >= 0.3 is 0 Å². The number of fused-ring (bicyclic) bond motifs is 1. The highest BCUT2D eigenvalue weighted by Gasteiger charge is 2.26. The molecule has 1 aliphatic rings. The molecule has 0 aliphatic carbocycles. The van der Waals surface area contributed by atoms with E-state index >= 15 is 0 Å². The lowest BCUT2D eigenvalue weighted by atomic mass is 9.90. The molecular weight excluding hydrogens is 318 g/mol.